The molecule has 1 atom stereocenters. The van der Waals surface area contributed by atoms with E-state index in [2.05, 4.69) is 0 Å². The summed E-state index contributed by atoms with van der Waals surface area (Å²) in [7, 11) is 0. The lowest BCUT2D eigenvalue weighted by Crippen LogP contribution is -2.35. The van der Waals surface area contributed by atoms with E-state index in [0.717, 1.165) is 16.9 Å². The van der Waals surface area contributed by atoms with E-state index in [1.807, 2.05) is 49.4 Å². The van der Waals surface area contributed by atoms with Crippen molar-refractivity contribution in [2.24, 2.45) is 4.99 Å². The van der Waals surface area contributed by atoms with Crippen LogP contribution in [-0.2, 0) is 16.1 Å². The van der Waals surface area contributed by atoms with Gasteiger partial charge in [0.1, 0.15) is 12.6 Å². The summed E-state index contributed by atoms with van der Waals surface area (Å²) >= 11 is 1.16. The fourth-order valence-electron chi connectivity index (χ4n) is 4.76. The molecule has 0 spiro atoms. The number of rotatable bonds is 10. The van der Waals surface area contributed by atoms with Gasteiger partial charge in [-0.15, -0.1) is 0 Å². The van der Waals surface area contributed by atoms with E-state index in [1.165, 1.54) is 16.7 Å². The van der Waals surface area contributed by atoms with Gasteiger partial charge in [-0.1, -0.05) is 59.9 Å². The maximum Gasteiger partial charge on any atom is 0.338 e. The molecule has 1 aliphatic rings. The highest BCUT2D eigenvalue weighted by atomic mass is 32.1. The number of ether oxygens (including phenoxy) is 3. The molecule has 10 nitrogen and oxygen atoms in total. The van der Waals surface area contributed by atoms with Gasteiger partial charge in [0.05, 0.1) is 28.2 Å². The predicted molar refractivity (Wildman–Crippen MR) is 163 cm³/mol. The van der Waals surface area contributed by atoms with Crippen molar-refractivity contribution in [1.82, 2.24) is 4.57 Å². The Balaban J connectivity index is 1.57. The number of thiazole rings is 1. The molecule has 0 unspecified atom stereocenters. The molecule has 220 valence electrons. The standard InChI is InChI=1S/C32H29N3O7S/c1-4-40-26-16-22(14-15-25(26)42-19-21-10-7-6-8-11-21)17-27-30(36)34-20(3)28(31(37)41-5-2)29(33-32(34)43-27)23-12-9-13-24(18-23)35(38)39/h6-18,29H,4-5,19H2,1-3H3/b27-17-/t29-/m1/s1. The van der Waals surface area contributed by atoms with E-state index in [9.17, 15) is 19.7 Å². The molecule has 0 amide bonds. The van der Waals surface area contributed by atoms with Crippen LogP contribution in [0, 0.1) is 10.1 Å². The normalized spacial score (nSPS) is 14.6. The quantitative estimate of drug-likeness (QED) is 0.146. The second-order valence-electron chi connectivity index (χ2n) is 9.55. The number of esters is 1. The van der Waals surface area contributed by atoms with E-state index < -0.39 is 16.9 Å². The zero-order chi connectivity index (χ0) is 30.5. The van der Waals surface area contributed by atoms with Crippen LogP contribution >= 0.6 is 11.3 Å². The Kier molecular flexibility index (Phi) is 8.82. The maximum atomic E-state index is 13.6. The summed E-state index contributed by atoms with van der Waals surface area (Å²) in [5.41, 5.74) is 2.23. The third kappa shape index (κ3) is 6.26. The van der Waals surface area contributed by atoms with Gasteiger partial charge < -0.3 is 14.2 Å². The van der Waals surface area contributed by atoms with Gasteiger partial charge in [0.25, 0.3) is 11.2 Å². The molecule has 43 heavy (non-hydrogen) atoms. The average molecular weight is 600 g/mol. The first kappa shape index (κ1) is 29.5. The SMILES string of the molecule is CCOC(=O)C1=C(C)n2c(s/c(=C\c3ccc(OCc4ccccc4)c(OCC)c3)c2=O)=N[C@@H]1c1cccc([N+](=O)[O-])c1. The van der Waals surface area contributed by atoms with E-state index in [1.54, 1.807) is 38.1 Å². The molecule has 0 saturated carbocycles. The topological polar surface area (TPSA) is 122 Å². The highest BCUT2D eigenvalue weighted by Crippen LogP contribution is 2.34. The zero-order valence-electron chi connectivity index (χ0n) is 23.8. The van der Waals surface area contributed by atoms with Crippen molar-refractivity contribution in [1.29, 1.82) is 0 Å². The Morgan fingerprint density at radius 2 is 1.81 bits per heavy atom. The molecule has 0 radical (unpaired) electrons. The second kappa shape index (κ2) is 12.9. The summed E-state index contributed by atoms with van der Waals surface area (Å²) in [4.78, 5) is 42.7. The summed E-state index contributed by atoms with van der Waals surface area (Å²) in [6.07, 6.45) is 1.73. The Bertz CT molecular complexity index is 1890. The van der Waals surface area contributed by atoms with Gasteiger partial charge in [-0.2, -0.15) is 0 Å². The Labute approximate surface area is 251 Å². The molecule has 0 fully saturated rings. The van der Waals surface area contributed by atoms with Crippen molar-refractivity contribution in [3.63, 3.8) is 0 Å². The van der Waals surface area contributed by atoms with Crippen LogP contribution in [0.5, 0.6) is 11.5 Å². The van der Waals surface area contributed by atoms with Crippen LogP contribution in [0.3, 0.4) is 0 Å². The molecule has 2 heterocycles. The molecule has 0 saturated heterocycles. The van der Waals surface area contributed by atoms with E-state index in [-0.39, 0.29) is 23.4 Å². The van der Waals surface area contributed by atoms with Crippen molar-refractivity contribution in [3.8, 4) is 11.5 Å². The Morgan fingerprint density at radius 3 is 2.53 bits per heavy atom. The molecule has 4 aromatic rings. The van der Waals surface area contributed by atoms with Gasteiger partial charge in [0, 0.05) is 17.8 Å². The predicted octanol–water partition coefficient (Wildman–Crippen LogP) is 4.79. The van der Waals surface area contributed by atoms with Gasteiger partial charge in [0.15, 0.2) is 16.3 Å². The van der Waals surface area contributed by atoms with Crippen molar-refractivity contribution < 1.29 is 23.9 Å². The summed E-state index contributed by atoms with van der Waals surface area (Å²) in [6, 6.07) is 20.3. The highest BCUT2D eigenvalue weighted by Gasteiger charge is 2.32. The van der Waals surface area contributed by atoms with Gasteiger partial charge in [-0.05, 0) is 55.7 Å². The number of nitro benzene ring substituents is 1. The number of hydrogen-bond acceptors (Lipinski definition) is 9. The summed E-state index contributed by atoms with van der Waals surface area (Å²) in [5.74, 6) is 0.490. The average Bonchev–Trinajstić information content (AvgIpc) is 3.32. The van der Waals surface area contributed by atoms with Gasteiger partial charge in [-0.25, -0.2) is 9.79 Å². The van der Waals surface area contributed by atoms with Crippen molar-refractivity contribution in [2.45, 2.75) is 33.4 Å². The Hall–Kier alpha value is -5.03. The third-order valence-electron chi connectivity index (χ3n) is 6.74. The number of carbonyl (C=O) groups is 1. The molecule has 3 aromatic carbocycles. The van der Waals surface area contributed by atoms with Crippen LogP contribution in [0.4, 0.5) is 5.69 Å². The monoisotopic (exact) mass is 599 g/mol. The van der Waals surface area contributed by atoms with Crippen LogP contribution in [0.2, 0.25) is 0 Å². The lowest BCUT2D eigenvalue weighted by molar-refractivity contribution is -0.384. The summed E-state index contributed by atoms with van der Waals surface area (Å²) in [6.45, 7) is 6.14. The fourth-order valence-corrected chi connectivity index (χ4v) is 5.80. The number of carbonyl (C=O) groups excluding carboxylic acids is 1. The second-order valence-corrected chi connectivity index (χ2v) is 10.6. The van der Waals surface area contributed by atoms with Crippen LogP contribution in [0.25, 0.3) is 11.8 Å². The van der Waals surface area contributed by atoms with E-state index in [4.69, 9.17) is 19.2 Å². The number of allylic oxidation sites excluding steroid dienone is 1. The highest BCUT2D eigenvalue weighted by molar-refractivity contribution is 7.07. The van der Waals surface area contributed by atoms with Gasteiger partial charge in [0.2, 0.25) is 0 Å². The molecular formula is C32H29N3O7S. The smallest absolute Gasteiger partial charge is 0.338 e. The first-order valence-electron chi connectivity index (χ1n) is 13.7. The number of nitrogens with zero attached hydrogens (tertiary/aromatic N) is 3. The van der Waals surface area contributed by atoms with E-state index in [0.29, 0.717) is 50.9 Å². The molecule has 5 rings (SSSR count). The van der Waals surface area contributed by atoms with Crippen LogP contribution < -0.4 is 24.4 Å². The largest absolute Gasteiger partial charge is 0.490 e. The van der Waals surface area contributed by atoms with Crippen LogP contribution in [-0.4, -0.2) is 28.7 Å². The van der Waals surface area contributed by atoms with Crippen molar-refractivity contribution >= 4 is 34.8 Å². The zero-order valence-corrected chi connectivity index (χ0v) is 24.6. The molecule has 0 bridgehead atoms. The fraction of sp³-hybridized carbons (Fsp3) is 0.219. The third-order valence-corrected chi connectivity index (χ3v) is 7.72. The minimum Gasteiger partial charge on any atom is -0.490 e. The number of non-ortho nitro benzene ring substituents is 1. The minimum absolute atomic E-state index is 0.120. The van der Waals surface area contributed by atoms with Crippen molar-refractivity contribution in [3.05, 3.63) is 125 Å². The molecule has 0 aliphatic carbocycles. The molecule has 11 heteroatoms. The van der Waals surface area contributed by atoms with E-state index >= 15 is 0 Å². The number of aromatic nitrogens is 1. The lowest BCUT2D eigenvalue weighted by Gasteiger charge is -2.22. The lowest BCUT2D eigenvalue weighted by atomic mass is 9.96. The first-order valence-corrected chi connectivity index (χ1v) is 14.5. The molecular weight excluding hydrogens is 570 g/mol. The maximum absolute atomic E-state index is 13.6. The molecule has 0 N–H and O–H groups in total. The number of nitro groups is 1. The number of fused-ring (bicyclic) bond motifs is 1. The summed E-state index contributed by atoms with van der Waals surface area (Å²) < 4.78 is 18.9. The molecule has 1 aromatic heterocycles. The minimum atomic E-state index is -0.879. The van der Waals surface area contributed by atoms with Gasteiger partial charge >= 0.3 is 5.97 Å². The first-order chi connectivity index (χ1) is 20.8. The molecule has 1 aliphatic heterocycles. The number of hydrogen-bond donors (Lipinski definition) is 0. The van der Waals surface area contributed by atoms with Crippen LogP contribution in [0.15, 0.2) is 88.2 Å². The van der Waals surface area contributed by atoms with Crippen LogP contribution in [0.1, 0.15) is 43.5 Å². The van der Waals surface area contributed by atoms with Gasteiger partial charge in [-0.3, -0.25) is 19.5 Å². The summed E-state index contributed by atoms with van der Waals surface area (Å²) in [5, 5.41) is 11.4. The van der Waals surface area contributed by atoms with Crippen molar-refractivity contribution in [2.75, 3.05) is 13.2 Å². The Morgan fingerprint density at radius 1 is 1.02 bits per heavy atom. The number of benzene rings is 3.